The molecule has 0 aromatic heterocycles. The highest BCUT2D eigenvalue weighted by Gasteiger charge is 2.22. The van der Waals surface area contributed by atoms with Crippen molar-refractivity contribution < 1.29 is 19.0 Å². The van der Waals surface area contributed by atoms with Gasteiger partial charge in [-0.25, -0.2) is 0 Å². The summed E-state index contributed by atoms with van der Waals surface area (Å²) in [5.74, 6) is 1.64. The summed E-state index contributed by atoms with van der Waals surface area (Å²) in [5, 5.41) is 2.03. The number of hydrogen-bond donors (Lipinski definition) is 0. The molecule has 0 heterocycles. The Labute approximate surface area is 151 Å². The molecule has 0 radical (unpaired) electrons. The second kappa shape index (κ2) is 6.23. The van der Waals surface area contributed by atoms with Crippen LogP contribution in [0.1, 0.15) is 15.9 Å². The van der Waals surface area contributed by atoms with Crippen molar-refractivity contribution in [3.8, 4) is 28.4 Å². The van der Waals surface area contributed by atoms with E-state index in [0.29, 0.717) is 22.8 Å². The molecule has 3 aromatic rings. The Hall–Kier alpha value is -3.27. The molecule has 3 aromatic carbocycles. The summed E-state index contributed by atoms with van der Waals surface area (Å²) in [4.78, 5) is 12.7. The van der Waals surface area contributed by atoms with E-state index in [1.54, 1.807) is 27.4 Å². The van der Waals surface area contributed by atoms with Crippen LogP contribution in [0.5, 0.6) is 17.2 Å². The minimum atomic E-state index is -0.00180. The Balaban J connectivity index is 2.04. The number of ether oxygens (including phenoxy) is 3. The molecule has 0 atom stereocenters. The van der Waals surface area contributed by atoms with Crippen LogP contribution in [0, 0.1) is 0 Å². The summed E-state index contributed by atoms with van der Waals surface area (Å²) in [6.07, 6.45) is 3.50. The number of ketones is 1. The maximum atomic E-state index is 12.7. The predicted octanol–water partition coefficient (Wildman–Crippen LogP) is 4.74. The first-order valence-corrected chi connectivity index (χ1v) is 8.26. The smallest absolute Gasteiger partial charge is 0.203 e. The second-order valence-corrected chi connectivity index (χ2v) is 6.05. The molecular formula is C22H18O4. The van der Waals surface area contributed by atoms with Crippen LogP contribution in [-0.4, -0.2) is 27.1 Å². The third-order valence-corrected chi connectivity index (χ3v) is 4.71. The van der Waals surface area contributed by atoms with Gasteiger partial charge in [-0.05, 0) is 40.3 Å². The molecule has 1 aliphatic carbocycles. The predicted molar refractivity (Wildman–Crippen MR) is 102 cm³/mol. The molecular weight excluding hydrogens is 328 g/mol. The average Bonchev–Trinajstić information content (AvgIpc) is 2.69. The summed E-state index contributed by atoms with van der Waals surface area (Å²) in [6, 6.07) is 13.8. The van der Waals surface area contributed by atoms with Crippen LogP contribution in [0.4, 0.5) is 0 Å². The fourth-order valence-electron chi connectivity index (χ4n) is 3.53. The van der Waals surface area contributed by atoms with Gasteiger partial charge in [0.05, 0.1) is 21.3 Å². The third kappa shape index (κ3) is 2.34. The highest BCUT2D eigenvalue weighted by atomic mass is 16.5. The zero-order valence-corrected chi connectivity index (χ0v) is 14.8. The highest BCUT2D eigenvalue weighted by Crippen LogP contribution is 2.43. The Morgan fingerprint density at radius 3 is 2.19 bits per heavy atom. The van der Waals surface area contributed by atoms with Crippen molar-refractivity contribution in [3.05, 3.63) is 59.7 Å². The average molecular weight is 346 g/mol. The summed E-state index contributed by atoms with van der Waals surface area (Å²) < 4.78 is 16.3. The Morgan fingerprint density at radius 1 is 0.808 bits per heavy atom. The molecule has 0 unspecified atom stereocenters. The molecule has 0 aliphatic heterocycles. The van der Waals surface area contributed by atoms with Crippen molar-refractivity contribution in [3.63, 3.8) is 0 Å². The lowest BCUT2D eigenvalue weighted by Gasteiger charge is -2.18. The normalized spacial score (nSPS) is 12.3. The van der Waals surface area contributed by atoms with E-state index in [2.05, 4.69) is 0 Å². The number of benzene rings is 3. The topological polar surface area (TPSA) is 44.8 Å². The molecule has 130 valence electrons. The van der Waals surface area contributed by atoms with Gasteiger partial charge in [-0.3, -0.25) is 4.79 Å². The lowest BCUT2D eigenvalue weighted by Crippen LogP contribution is -2.05. The molecule has 0 N–H and O–H groups in total. The van der Waals surface area contributed by atoms with Crippen molar-refractivity contribution in [1.29, 1.82) is 0 Å². The van der Waals surface area contributed by atoms with Gasteiger partial charge in [0.1, 0.15) is 0 Å². The standard InChI is InChI=1S/C22H18O4/c1-24-18-11-15(12-19(25-2)22(18)26-3)16-9-7-13-5-4-6-14-8-10-17(23)21(16)20(13)14/h4-12H,1-3H3. The molecule has 0 saturated carbocycles. The maximum absolute atomic E-state index is 12.7. The van der Waals surface area contributed by atoms with Crippen LogP contribution in [-0.2, 0) is 0 Å². The van der Waals surface area contributed by atoms with Crippen LogP contribution in [0.3, 0.4) is 0 Å². The molecule has 0 fully saturated rings. The van der Waals surface area contributed by atoms with Gasteiger partial charge in [0.2, 0.25) is 5.75 Å². The Morgan fingerprint density at radius 2 is 1.54 bits per heavy atom. The molecule has 0 saturated heterocycles. The fourth-order valence-corrected chi connectivity index (χ4v) is 3.53. The first kappa shape index (κ1) is 16.2. The van der Waals surface area contributed by atoms with Gasteiger partial charge < -0.3 is 14.2 Å². The van der Waals surface area contributed by atoms with E-state index in [-0.39, 0.29) is 5.78 Å². The minimum Gasteiger partial charge on any atom is -0.493 e. The third-order valence-electron chi connectivity index (χ3n) is 4.71. The zero-order valence-electron chi connectivity index (χ0n) is 14.8. The van der Waals surface area contributed by atoms with E-state index in [0.717, 1.165) is 27.5 Å². The van der Waals surface area contributed by atoms with Gasteiger partial charge in [-0.1, -0.05) is 36.4 Å². The number of methoxy groups -OCH3 is 3. The zero-order chi connectivity index (χ0) is 18.3. The lowest BCUT2D eigenvalue weighted by atomic mass is 9.86. The van der Waals surface area contributed by atoms with Gasteiger partial charge in [0, 0.05) is 10.9 Å². The van der Waals surface area contributed by atoms with E-state index in [1.807, 2.05) is 48.5 Å². The monoisotopic (exact) mass is 346 g/mol. The number of hydrogen-bond acceptors (Lipinski definition) is 4. The van der Waals surface area contributed by atoms with Crippen molar-refractivity contribution >= 4 is 22.6 Å². The van der Waals surface area contributed by atoms with Crippen molar-refractivity contribution in [2.24, 2.45) is 0 Å². The van der Waals surface area contributed by atoms with E-state index in [4.69, 9.17) is 14.2 Å². The quantitative estimate of drug-likeness (QED) is 0.684. The maximum Gasteiger partial charge on any atom is 0.203 e. The summed E-state index contributed by atoms with van der Waals surface area (Å²) in [6.45, 7) is 0. The minimum absolute atomic E-state index is 0.00180. The Kier molecular flexibility index (Phi) is 3.88. The fraction of sp³-hybridized carbons (Fsp3) is 0.136. The van der Waals surface area contributed by atoms with Crippen LogP contribution in [0.25, 0.3) is 28.0 Å². The first-order valence-electron chi connectivity index (χ1n) is 8.26. The Bertz CT molecular complexity index is 1040. The molecule has 26 heavy (non-hydrogen) atoms. The molecule has 4 rings (SSSR count). The molecule has 0 bridgehead atoms. The van der Waals surface area contributed by atoms with E-state index >= 15 is 0 Å². The van der Waals surface area contributed by atoms with Crippen LogP contribution >= 0.6 is 0 Å². The number of allylic oxidation sites excluding steroid dienone is 1. The molecule has 0 amide bonds. The lowest BCUT2D eigenvalue weighted by molar-refractivity contribution is 0.104. The molecule has 0 spiro atoms. The molecule has 1 aliphatic rings. The van der Waals surface area contributed by atoms with Crippen molar-refractivity contribution in [2.75, 3.05) is 21.3 Å². The first-order chi connectivity index (χ1) is 12.7. The van der Waals surface area contributed by atoms with Crippen molar-refractivity contribution in [1.82, 2.24) is 0 Å². The molecule has 4 heteroatoms. The van der Waals surface area contributed by atoms with Gasteiger partial charge in [0.15, 0.2) is 17.3 Å². The van der Waals surface area contributed by atoms with E-state index in [9.17, 15) is 4.79 Å². The highest BCUT2D eigenvalue weighted by molar-refractivity contribution is 6.23. The largest absolute Gasteiger partial charge is 0.493 e. The number of carbonyl (C=O) groups excluding carboxylic acids is 1. The van der Waals surface area contributed by atoms with E-state index < -0.39 is 0 Å². The second-order valence-electron chi connectivity index (χ2n) is 6.05. The summed E-state index contributed by atoms with van der Waals surface area (Å²) >= 11 is 0. The van der Waals surface area contributed by atoms with Crippen LogP contribution in [0.15, 0.2) is 48.5 Å². The van der Waals surface area contributed by atoms with Gasteiger partial charge >= 0.3 is 0 Å². The van der Waals surface area contributed by atoms with Crippen LogP contribution < -0.4 is 14.2 Å². The number of rotatable bonds is 4. The SMILES string of the molecule is COc1cc(-c2ccc3cccc4c3c2C(=O)C=C4)cc(OC)c1OC. The van der Waals surface area contributed by atoms with Gasteiger partial charge in [-0.2, -0.15) is 0 Å². The number of carbonyl (C=O) groups is 1. The van der Waals surface area contributed by atoms with Crippen molar-refractivity contribution in [2.45, 2.75) is 0 Å². The van der Waals surface area contributed by atoms with Crippen LogP contribution in [0.2, 0.25) is 0 Å². The van der Waals surface area contributed by atoms with E-state index in [1.165, 1.54) is 0 Å². The van der Waals surface area contributed by atoms with Gasteiger partial charge in [0.25, 0.3) is 0 Å². The molecule has 4 nitrogen and oxygen atoms in total. The summed E-state index contributed by atoms with van der Waals surface area (Å²) in [7, 11) is 4.73. The van der Waals surface area contributed by atoms with Gasteiger partial charge in [-0.15, -0.1) is 0 Å². The summed E-state index contributed by atoms with van der Waals surface area (Å²) in [5.41, 5.74) is 3.44.